The molecule has 1 aliphatic carbocycles. The van der Waals surface area contributed by atoms with Crippen LogP contribution in [0.3, 0.4) is 0 Å². The molecule has 0 aromatic heterocycles. The lowest BCUT2D eigenvalue weighted by Crippen LogP contribution is -2.28. The van der Waals surface area contributed by atoms with Crippen LogP contribution in [0.1, 0.15) is 87.5 Å². The number of carbonyl (C=O) groups is 1. The van der Waals surface area contributed by atoms with Gasteiger partial charge < -0.3 is 10.6 Å². The molecule has 0 spiro atoms. The number of rotatable bonds is 12. The molecular formula is C28H42N2OS2. The van der Waals surface area contributed by atoms with Gasteiger partial charge in [0.15, 0.2) is 6.29 Å². The van der Waals surface area contributed by atoms with Gasteiger partial charge in [-0.3, -0.25) is 4.79 Å². The minimum absolute atomic E-state index is 0.167. The summed E-state index contributed by atoms with van der Waals surface area (Å²) in [4.78, 5) is 12.6. The third-order valence-corrected chi connectivity index (χ3v) is 8.75. The maximum Gasteiger partial charge on any atom is 0.166 e. The number of thioether (sulfide) groups is 1. The van der Waals surface area contributed by atoms with Crippen molar-refractivity contribution in [2.75, 3.05) is 13.1 Å². The van der Waals surface area contributed by atoms with Gasteiger partial charge in [0.2, 0.25) is 0 Å². The van der Waals surface area contributed by atoms with E-state index in [0.29, 0.717) is 5.92 Å². The molecule has 1 heterocycles. The quantitative estimate of drug-likeness (QED) is 0.137. The summed E-state index contributed by atoms with van der Waals surface area (Å²) >= 11 is 6.27. The monoisotopic (exact) mass is 486 g/mol. The predicted molar refractivity (Wildman–Crippen MR) is 147 cm³/mol. The highest BCUT2D eigenvalue weighted by Crippen LogP contribution is 2.36. The molecule has 1 aromatic rings. The lowest BCUT2D eigenvalue weighted by molar-refractivity contribution is -0.105. The number of aldehydes is 1. The van der Waals surface area contributed by atoms with Crippen LogP contribution in [0.2, 0.25) is 0 Å². The number of hydrogen-bond donors (Lipinski definition) is 3. The third kappa shape index (κ3) is 7.40. The Bertz CT molecular complexity index is 875. The minimum Gasteiger partial charge on any atom is -0.369 e. The molecule has 3 rings (SSSR count). The first-order valence-corrected chi connectivity index (χ1v) is 14.1. The lowest BCUT2D eigenvalue weighted by atomic mass is 9.80. The summed E-state index contributed by atoms with van der Waals surface area (Å²) in [5.74, 6) is 0.551. The van der Waals surface area contributed by atoms with Gasteiger partial charge in [-0.2, -0.15) is 12.6 Å². The van der Waals surface area contributed by atoms with E-state index in [-0.39, 0.29) is 10.6 Å². The van der Waals surface area contributed by atoms with Crippen LogP contribution < -0.4 is 10.6 Å². The first kappa shape index (κ1) is 26.4. The number of thiol groups is 1. The van der Waals surface area contributed by atoms with E-state index in [9.17, 15) is 4.79 Å². The fraction of sp³-hybridized carbons (Fsp3) is 0.607. The Balaban J connectivity index is 1.70. The van der Waals surface area contributed by atoms with Crippen molar-refractivity contribution in [3.63, 3.8) is 0 Å². The van der Waals surface area contributed by atoms with Gasteiger partial charge in [0.05, 0.1) is 11.1 Å². The average Bonchev–Trinajstić information content (AvgIpc) is 3.20. The summed E-state index contributed by atoms with van der Waals surface area (Å²) in [6, 6.07) is 4.93. The summed E-state index contributed by atoms with van der Waals surface area (Å²) < 4.78 is 0. The SMILES string of the molecule is CCCCCc1cc(C)c(C2C=C(C)CCC2)c(CCNCC2=C(C=O)NC(C(C)S)S2)c1. The fourth-order valence-electron chi connectivity index (χ4n) is 5.11. The van der Waals surface area contributed by atoms with Crippen molar-refractivity contribution in [3.05, 3.63) is 56.6 Å². The van der Waals surface area contributed by atoms with E-state index < -0.39 is 0 Å². The lowest BCUT2D eigenvalue weighted by Gasteiger charge is -2.25. The molecule has 2 aliphatic rings. The number of hydrogen-bond acceptors (Lipinski definition) is 5. The van der Waals surface area contributed by atoms with Crippen molar-refractivity contribution in [3.8, 4) is 0 Å². The number of benzene rings is 1. The molecular weight excluding hydrogens is 444 g/mol. The van der Waals surface area contributed by atoms with E-state index in [2.05, 4.69) is 69.2 Å². The normalized spacial score (nSPS) is 21.7. The van der Waals surface area contributed by atoms with Gasteiger partial charge >= 0.3 is 0 Å². The Kier molecular flexibility index (Phi) is 10.5. The highest BCUT2D eigenvalue weighted by molar-refractivity contribution is 8.04. The zero-order chi connectivity index (χ0) is 23.8. The molecule has 1 aromatic carbocycles. The van der Waals surface area contributed by atoms with Crippen LogP contribution in [0.25, 0.3) is 0 Å². The van der Waals surface area contributed by atoms with E-state index in [1.807, 2.05) is 0 Å². The Morgan fingerprint density at radius 2 is 2.09 bits per heavy atom. The second kappa shape index (κ2) is 13.1. The van der Waals surface area contributed by atoms with Crippen LogP contribution in [0.15, 0.2) is 34.4 Å². The molecule has 0 bridgehead atoms. The smallest absolute Gasteiger partial charge is 0.166 e. The molecule has 3 atom stereocenters. The van der Waals surface area contributed by atoms with Gasteiger partial charge in [-0.1, -0.05) is 50.5 Å². The standard InChI is InChI=1S/C28H42N2OS2/c1-5-6-7-10-22-15-20(3)27(23-11-8-9-19(2)14-23)24(16-22)12-13-29-17-26-25(18-31)30-28(33-26)21(4)32/h14-16,18,21,23,28-30,32H,5-13,17H2,1-4H3. The maximum absolute atomic E-state index is 11.5. The molecule has 5 heteroatoms. The molecule has 0 fully saturated rings. The molecule has 0 saturated heterocycles. The molecule has 182 valence electrons. The van der Waals surface area contributed by atoms with Crippen molar-refractivity contribution < 1.29 is 4.79 Å². The van der Waals surface area contributed by atoms with Gasteiger partial charge in [0, 0.05) is 22.6 Å². The van der Waals surface area contributed by atoms with Crippen LogP contribution in [-0.4, -0.2) is 30.0 Å². The van der Waals surface area contributed by atoms with Gasteiger partial charge in [-0.05, 0) is 81.2 Å². The van der Waals surface area contributed by atoms with Gasteiger partial charge in [-0.25, -0.2) is 0 Å². The molecule has 33 heavy (non-hydrogen) atoms. The van der Waals surface area contributed by atoms with Gasteiger partial charge in [-0.15, -0.1) is 11.8 Å². The van der Waals surface area contributed by atoms with E-state index in [4.69, 9.17) is 0 Å². The molecule has 3 nitrogen and oxygen atoms in total. The Morgan fingerprint density at radius 3 is 2.79 bits per heavy atom. The predicted octanol–water partition coefficient (Wildman–Crippen LogP) is 6.46. The second-order valence-corrected chi connectivity index (χ2v) is 11.8. The topological polar surface area (TPSA) is 41.1 Å². The number of aryl methyl sites for hydroxylation is 2. The second-order valence-electron chi connectivity index (χ2n) is 9.76. The summed E-state index contributed by atoms with van der Waals surface area (Å²) in [5.41, 5.74) is 8.27. The van der Waals surface area contributed by atoms with E-state index >= 15 is 0 Å². The third-order valence-electron chi connectivity index (χ3n) is 6.82. The maximum atomic E-state index is 11.5. The Labute approximate surface area is 211 Å². The van der Waals surface area contributed by atoms with Gasteiger partial charge in [0.25, 0.3) is 0 Å². The Hall–Kier alpha value is -1.17. The highest BCUT2D eigenvalue weighted by atomic mass is 32.2. The van der Waals surface area contributed by atoms with Crippen molar-refractivity contribution >= 4 is 30.7 Å². The van der Waals surface area contributed by atoms with Crippen molar-refractivity contribution in [2.24, 2.45) is 0 Å². The summed E-state index contributed by atoms with van der Waals surface area (Å²) in [7, 11) is 0. The number of carbonyl (C=O) groups excluding carboxylic acids is 1. The number of unbranched alkanes of at least 4 members (excludes halogenated alkanes) is 2. The highest BCUT2D eigenvalue weighted by Gasteiger charge is 2.26. The van der Waals surface area contributed by atoms with Crippen LogP contribution in [-0.2, 0) is 17.6 Å². The van der Waals surface area contributed by atoms with Crippen LogP contribution >= 0.6 is 24.4 Å². The van der Waals surface area contributed by atoms with Crippen molar-refractivity contribution in [1.82, 2.24) is 10.6 Å². The first-order valence-electron chi connectivity index (χ1n) is 12.7. The van der Waals surface area contributed by atoms with Crippen LogP contribution in [0.5, 0.6) is 0 Å². The molecule has 0 radical (unpaired) electrons. The summed E-state index contributed by atoms with van der Waals surface area (Å²) in [6.45, 7) is 10.6. The van der Waals surface area contributed by atoms with Gasteiger partial charge in [0.1, 0.15) is 0 Å². The zero-order valence-corrected chi connectivity index (χ0v) is 22.6. The molecule has 0 saturated carbocycles. The summed E-state index contributed by atoms with van der Waals surface area (Å²) in [5, 5.41) is 7.27. The van der Waals surface area contributed by atoms with Crippen molar-refractivity contribution in [1.29, 1.82) is 0 Å². The van der Waals surface area contributed by atoms with E-state index in [1.54, 1.807) is 17.3 Å². The van der Waals surface area contributed by atoms with Crippen LogP contribution in [0.4, 0.5) is 0 Å². The van der Waals surface area contributed by atoms with E-state index in [1.165, 1.54) is 67.2 Å². The summed E-state index contributed by atoms with van der Waals surface area (Å²) in [6.07, 6.45) is 13.3. The number of allylic oxidation sites excluding steroid dienone is 3. The Morgan fingerprint density at radius 1 is 1.27 bits per heavy atom. The molecule has 1 aliphatic heterocycles. The van der Waals surface area contributed by atoms with E-state index in [0.717, 1.165) is 36.4 Å². The number of nitrogens with one attached hydrogen (secondary N) is 2. The molecule has 0 amide bonds. The first-order chi connectivity index (χ1) is 15.9. The average molecular weight is 487 g/mol. The minimum atomic E-state index is 0.167. The fourth-order valence-corrected chi connectivity index (χ4v) is 6.48. The zero-order valence-electron chi connectivity index (χ0n) is 20.9. The molecule has 2 N–H and O–H groups in total. The largest absolute Gasteiger partial charge is 0.369 e. The van der Waals surface area contributed by atoms with Crippen molar-refractivity contribution in [2.45, 2.75) is 95.6 Å². The molecule has 3 unspecified atom stereocenters. The van der Waals surface area contributed by atoms with Crippen LogP contribution in [0, 0.1) is 6.92 Å².